The molecule has 0 bridgehead atoms. The molecule has 1 fully saturated rings. The lowest BCUT2D eigenvalue weighted by Gasteiger charge is -2.42. The minimum Gasteiger partial charge on any atom is -0.375 e. The maximum Gasteiger partial charge on any atom is 0.0694 e. The predicted octanol–water partition coefficient (Wildman–Crippen LogP) is 3.90. The van der Waals surface area contributed by atoms with Gasteiger partial charge in [0.2, 0.25) is 0 Å². The lowest BCUT2D eigenvalue weighted by molar-refractivity contribution is -0.105. The van der Waals surface area contributed by atoms with Crippen LogP contribution >= 0.6 is 0 Å². The average molecular weight is 241 g/mol. The van der Waals surface area contributed by atoms with Crippen molar-refractivity contribution in [3.63, 3.8) is 0 Å². The van der Waals surface area contributed by atoms with E-state index in [4.69, 9.17) is 4.74 Å². The summed E-state index contributed by atoms with van der Waals surface area (Å²) >= 11 is 0. The monoisotopic (exact) mass is 241 g/mol. The quantitative estimate of drug-likeness (QED) is 0.554. The number of hydrogen-bond donors (Lipinski definition) is 1. The molecule has 0 unspecified atom stereocenters. The summed E-state index contributed by atoms with van der Waals surface area (Å²) in [6, 6.07) is 0. The Labute approximate surface area is 108 Å². The van der Waals surface area contributed by atoms with Crippen LogP contribution in [0, 0.1) is 0 Å². The van der Waals surface area contributed by atoms with Crippen LogP contribution in [0.4, 0.5) is 0 Å². The Kier molecular flexibility index (Phi) is 7.87. The van der Waals surface area contributed by atoms with Crippen molar-refractivity contribution in [1.82, 2.24) is 5.32 Å². The maximum atomic E-state index is 6.15. The topological polar surface area (TPSA) is 21.3 Å². The summed E-state index contributed by atoms with van der Waals surface area (Å²) in [5.74, 6) is 0. The minimum absolute atomic E-state index is 0.257. The molecule has 2 nitrogen and oxygen atoms in total. The Morgan fingerprint density at radius 3 is 2.41 bits per heavy atom. The zero-order valence-electron chi connectivity index (χ0n) is 11.9. The van der Waals surface area contributed by atoms with E-state index in [1.807, 2.05) is 0 Å². The first-order valence-electron chi connectivity index (χ1n) is 7.67. The summed E-state index contributed by atoms with van der Waals surface area (Å²) in [4.78, 5) is 0. The molecule has 0 aromatic carbocycles. The number of rotatable bonds is 11. The van der Waals surface area contributed by atoms with Gasteiger partial charge in [0.05, 0.1) is 5.60 Å². The van der Waals surface area contributed by atoms with Crippen LogP contribution in [0.2, 0.25) is 0 Å². The van der Waals surface area contributed by atoms with E-state index in [0.717, 1.165) is 19.7 Å². The van der Waals surface area contributed by atoms with Crippen molar-refractivity contribution in [2.45, 2.75) is 77.2 Å². The van der Waals surface area contributed by atoms with Gasteiger partial charge in [-0.2, -0.15) is 0 Å². The van der Waals surface area contributed by atoms with Crippen LogP contribution in [0.15, 0.2) is 0 Å². The number of nitrogens with one attached hydrogen (secondary N) is 1. The van der Waals surface area contributed by atoms with Crippen molar-refractivity contribution in [3.05, 3.63) is 0 Å². The van der Waals surface area contributed by atoms with Gasteiger partial charge in [0.1, 0.15) is 0 Å². The molecular weight excluding hydrogens is 210 g/mol. The molecule has 0 aromatic heterocycles. The first-order valence-corrected chi connectivity index (χ1v) is 7.67. The fourth-order valence-electron chi connectivity index (χ4n) is 2.47. The molecule has 0 radical (unpaired) electrons. The Morgan fingerprint density at radius 2 is 1.82 bits per heavy atom. The van der Waals surface area contributed by atoms with E-state index in [9.17, 15) is 0 Å². The van der Waals surface area contributed by atoms with Crippen molar-refractivity contribution in [2.24, 2.45) is 0 Å². The molecule has 1 aliphatic carbocycles. The van der Waals surface area contributed by atoms with Crippen molar-refractivity contribution in [1.29, 1.82) is 0 Å². The summed E-state index contributed by atoms with van der Waals surface area (Å²) < 4.78 is 6.15. The van der Waals surface area contributed by atoms with E-state index < -0.39 is 0 Å². The molecule has 17 heavy (non-hydrogen) atoms. The summed E-state index contributed by atoms with van der Waals surface area (Å²) in [5, 5.41) is 3.49. The summed E-state index contributed by atoms with van der Waals surface area (Å²) in [5.41, 5.74) is 0.257. The van der Waals surface area contributed by atoms with Crippen molar-refractivity contribution in [3.8, 4) is 0 Å². The third-order valence-electron chi connectivity index (χ3n) is 3.86. The van der Waals surface area contributed by atoms with E-state index in [-0.39, 0.29) is 5.60 Å². The second-order valence-corrected chi connectivity index (χ2v) is 5.45. The molecule has 1 aliphatic rings. The van der Waals surface area contributed by atoms with Crippen molar-refractivity contribution < 1.29 is 4.74 Å². The average Bonchev–Trinajstić information content (AvgIpc) is 2.29. The van der Waals surface area contributed by atoms with Gasteiger partial charge in [-0.1, -0.05) is 33.1 Å². The minimum atomic E-state index is 0.257. The zero-order valence-corrected chi connectivity index (χ0v) is 11.9. The number of hydrogen-bond acceptors (Lipinski definition) is 2. The van der Waals surface area contributed by atoms with E-state index in [0.29, 0.717) is 0 Å². The Bertz CT molecular complexity index is 178. The van der Waals surface area contributed by atoms with Gasteiger partial charge in [-0.15, -0.1) is 0 Å². The highest BCUT2D eigenvalue weighted by atomic mass is 16.5. The Morgan fingerprint density at radius 1 is 1.00 bits per heavy atom. The highest BCUT2D eigenvalue weighted by Gasteiger charge is 2.37. The first kappa shape index (κ1) is 15.0. The second-order valence-electron chi connectivity index (χ2n) is 5.45. The molecular formula is C15H31NO. The lowest BCUT2D eigenvalue weighted by Crippen LogP contribution is -2.43. The van der Waals surface area contributed by atoms with Crippen LogP contribution in [-0.2, 0) is 4.74 Å². The molecule has 1 N–H and O–H groups in total. The van der Waals surface area contributed by atoms with Gasteiger partial charge in [0.15, 0.2) is 0 Å². The highest BCUT2D eigenvalue weighted by Crippen LogP contribution is 2.38. The van der Waals surface area contributed by atoms with Gasteiger partial charge in [-0.3, -0.25) is 0 Å². The highest BCUT2D eigenvalue weighted by molar-refractivity contribution is 4.90. The number of unbranched alkanes of at least 4 members (excludes halogenated alkanes) is 3. The Hall–Kier alpha value is -0.0800. The van der Waals surface area contributed by atoms with Crippen molar-refractivity contribution in [2.75, 3.05) is 19.7 Å². The van der Waals surface area contributed by atoms with Gasteiger partial charge in [-0.05, 0) is 51.6 Å². The fourth-order valence-corrected chi connectivity index (χ4v) is 2.47. The van der Waals surface area contributed by atoms with Gasteiger partial charge in [0, 0.05) is 6.61 Å². The molecule has 0 amide bonds. The van der Waals surface area contributed by atoms with Gasteiger partial charge >= 0.3 is 0 Å². The zero-order chi connectivity index (χ0) is 12.4. The molecule has 102 valence electrons. The Balaban J connectivity index is 2.04. The molecule has 0 spiro atoms. The predicted molar refractivity (Wildman–Crippen MR) is 74.5 cm³/mol. The SMILES string of the molecule is CCCCCCOC1(CCNCCC)CCC1. The summed E-state index contributed by atoms with van der Waals surface area (Å²) in [6.07, 6.45) is 11.6. The maximum absolute atomic E-state index is 6.15. The van der Waals surface area contributed by atoms with E-state index in [2.05, 4.69) is 19.2 Å². The molecule has 0 heterocycles. The fraction of sp³-hybridized carbons (Fsp3) is 1.00. The molecule has 0 atom stereocenters. The van der Waals surface area contributed by atoms with E-state index in [1.54, 1.807) is 0 Å². The summed E-state index contributed by atoms with van der Waals surface area (Å²) in [6.45, 7) is 7.73. The largest absolute Gasteiger partial charge is 0.375 e. The molecule has 1 rings (SSSR count). The summed E-state index contributed by atoms with van der Waals surface area (Å²) in [7, 11) is 0. The van der Waals surface area contributed by atoms with Crippen LogP contribution in [0.3, 0.4) is 0 Å². The van der Waals surface area contributed by atoms with Crippen molar-refractivity contribution >= 4 is 0 Å². The van der Waals surface area contributed by atoms with Gasteiger partial charge in [0.25, 0.3) is 0 Å². The molecule has 0 aliphatic heterocycles. The van der Waals surface area contributed by atoms with Gasteiger partial charge in [-0.25, -0.2) is 0 Å². The van der Waals surface area contributed by atoms with Gasteiger partial charge < -0.3 is 10.1 Å². The number of ether oxygens (including phenoxy) is 1. The van der Waals surface area contributed by atoms with Crippen LogP contribution < -0.4 is 5.32 Å². The van der Waals surface area contributed by atoms with E-state index >= 15 is 0 Å². The third-order valence-corrected chi connectivity index (χ3v) is 3.86. The third kappa shape index (κ3) is 5.87. The normalized spacial score (nSPS) is 18.0. The van der Waals surface area contributed by atoms with Crippen LogP contribution in [-0.4, -0.2) is 25.3 Å². The van der Waals surface area contributed by atoms with E-state index in [1.165, 1.54) is 57.8 Å². The molecule has 1 saturated carbocycles. The van der Waals surface area contributed by atoms with Crippen LogP contribution in [0.5, 0.6) is 0 Å². The van der Waals surface area contributed by atoms with Crippen LogP contribution in [0.25, 0.3) is 0 Å². The lowest BCUT2D eigenvalue weighted by atomic mass is 9.77. The molecule has 0 aromatic rings. The smallest absolute Gasteiger partial charge is 0.0694 e. The van der Waals surface area contributed by atoms with Crippen LogP contribution in [0.1, 0.15) is 71.6 Å². The molecule has 2 heteroatoms. The second kappa shape index (κ2) is 8.93. The first-order chi connectivity index (χ1) is 8.33. The molecule has 0 saturated heterocycles. The standard InChI is InChI=1S/C15H31NO/c1-3-5-6-7-14-17-15(9-8-10-15)11-13-16-12-4-2/h16H,3-14H2,1-2H3.